The number of nitrogens with one attached hydrogen (secondary N) is 1. The van der Waals surface area contributed by atoms with Gasteiger partial charge >= 0.3 is 0 Å². The van der Waals surface area contributed by atoms with Gasteiger partial charge in [0.1, 0.15) is 5.75 Å². The molecule has 0 aliphatic heterocycles. The van der Waals surface area contributed by atoms with Crippen molar-refractivity contribution in [3.63, 3.8) is 0 Å². The molecule has 0 spiro atoms. The Morgan fingerprint density at radius 3 is 2.61 bits per heavy atom. The summed E-state index contributed by atoms with van der Waals surface area (Å²) in [7, 11) is 1.56. The first kappa shape index (κ1) is 15.0. The molecule has 0 fully saturated rings. The predicted molar refractivity (Wildman–Crippen MR) is 74.8 cm³/mol. The normalized spacial score (nSPS) is 12.3. The Morgan fingerprint density at radius 1 is 1.44 bits per heavy atom. The summed E-state index contributed by atoms with van der Waals surface area (Å²) in [6.45, 7) is 6.61. The number of methoxy groups -OCH3 is 1. The quantitative estimate of drug-likeness (QED) is 0.806. The van der Waals surface area contributed by atoms with Gasteiger partial charge in [0.05, 0.1) is 18.7 Å². The summed E-state index contributed by atoms with van der Waals surface area (Å²) in [6.07, 6.45) is 0.737. The van der Waals surface area contributed by atoms with Gasteiger partial charge in [0, 0.05) is 5.02 Å². The molecule has 1 atom stereocenters. The maximum atomic E-state index is 12.4. The lowest BCUT2D eigenvalue weighted by molar-refractivity contribution is 0.0938. The van der Waals surface area contributed by atoms with Crippen molar-refractivity contribution >= 4 is 17.4 Å². The molecular weight excluding hydrogens is 250 g/mol. The van der Waals surface area contributed by atoms with Crippen molar-refractivity contribution in [1.29, 1.82) is 0 Å². The van der Waals surface area contributed by atoms with Gasteiger partial charge < -0.3 is 10.1 Å². The largest absolute Gasteiger partial charge is 0.496 e. The van der Waals surface area contributed by atoms with E-state index in [1.165, 1.54) is 0 Å². The van der Waals surface area contributed by atoms with Gasteiger partial charge in [-0.1, -0.05) is 25.4 Å². The maximum Gasteiger partial charge on any atom is 0.183 e. The molecule has 1 rings (SSSR count). The number of benzene rings is 1. The fraction of sp³-hybridized carbons (Fsp3) is 0.500. The van der Waals surface area contributed by atoms with Crippen molar-refractivity contribution in [2.45, 2.75) is 33.2 Å². The minimum absolute atomic E-state index is 0.0260. The highest BCUT2D eigenvalue weighted by molar-refractivity contribution is 6.31. The number of likely N-dealkylation sites (N-methyl/N-ethyl adjacent to an activating group) is 1. The lowest BCUT2D eigenvalue weighted by Crippen LogP contribution is -2.36. The van der Waals surface area contributed by atoms with Crippen LogP contribution in [-0.2, 0) is 0 Å². The second-order valence-electron chi connectivity index (χ2n) is 4.18. The Labute approximate surface area is 113 Å². The summed E-state index contributed by atoms with van der Waals surface area (Å²) in [5, 5.41) is 3.76. The number of Topliss-reactive ketones (excluding diaryl/α,β-unsaturated/α-hetero) is 1. The Morgan fingerprint density at radius 2 is 2.11 bits per heavy atom. The first-order valence-electron chi connectivity index (χ1n) is 6.16. The topological polar surface area (TPSA) is 38.3 Å². The van der Waals surface area contributed by atoms with Crippen molar-refractivity contribution in [2.24, 2.45) is 0 Å². The highest BCUT2D eigenvalue weighted by Gasteiger charge is 2.21. The van der Waals surface area contributed by atoms with Gasteiger partial charge in [0.2, 0.25) is 0 Å². The Balaban J connectivity index is 3.14. The lowest BCUT2D eigenvalue weighted by Gasteiger charge is -2.17. The minimum Gasteiger partial charge on any atom is -0.496 e. The van der Waals surface area contributed by atoms with Crippen LogP contribution in [0.5, 0.6) is 5.75 Å². The third-order valence-corrected chi connectivity index (χ3v) is 3.33. The molecule has 0 aliphatic rings. The van der Waals surface area contributed by atoms with Gasteiger partial charge in [-0.05, 0) is 37.6 Å². The van der Waals surface area contributed by atoms with E-state index >= 15 is 0 Å². The number of aryl methyl sites for hydroxylation is 1. The van der Waals surface area contributed by atoms with Gasteiger partial charge in [0.25, 0.3) is 0 Å². The van der Waals surface area contributed by atoms with E-state index in [0.29, 0.717) is 16.3 Å². The van der Waals surface area contributed by atoms with Crippen LogP contribution < -0.4 is 10.1 Å². The predicted octanol–water partition coefficient (Wildman–Crippen LogP) is 3.23. The van der Waals surface area contributed by atoms with Crippen LogP contribution in [0.4, 0.5) is 0 Å². The average molecular weight is 270 g/mol. The molecule has 0 aliphatic carbocycles. The average Bonchev–Trinajstić information content (AvgIpc) is 2.37. The molecule has 18 heavy (non-hydrogen) atoms. The maximum absolute atomic E-state index is 12.4. The highest BCUT2D eigenvalue weighted by atomic mass is 35.5. The zero-order chi connectivity index (χ0) is 13.7. The Bertz CT molecular complexity index is 432. The molecule has 1 unspecified atom stereocenters. The second kappa shape index (κ2) is 6.76. The van der Waals surface area contributed by atoms with E-state index in [2.05, 4.69) is 5.32 Å². The van der Waals surface area contributed by atoms with Crippen LogP contribution in [0.1, 0.15) is 36.2 Å². The fourth-order valence-electron chi connectivity index (χ4n) is 1.87. The van der Waals surface area contributed by atoms with Crippen molar-refractivity contribution in [3.05, 3.63) is 28.3 Å². The molecule has 3 nitrogen and oxygen atoms in total. The molecule has 4 heteroatoms. The number of ether oxygens (including phenoxy) is 1. The summed E-state index contributed by atoms with van der Waals surface area (Å²) in [4.78, 5) is 12.4. The smallest absolute Gasteiger partial charge is 0.183 e. The SMILES string of the molecule is CCNC(CC)C(=O)c1cc(Cl)c(C)cc1OC. The molecule has 1 N–H and O–H groups in total. The number of carbonyl (C=O) groups is 1. The van der Waals surface area contributed by atoms with E-state index < -0.39 is 0 Å². The number of hydrogen-bond acceptors (Lipinski definition) is 3. The van der Waals surface area contributed by atoms with Crippen LogP contribution in [0, 0.1) is 6.92 Å². The van der Waals surface area contributed by atoms with Gasteiger partial charge in [-0.25, -0.2) is 0 Å². The van der Waals surface area contributed by atoms with Crippen molar-refractivity contribution in [3.8, 4) is 5.75 Å². The van der Waals surface area contributed by atoms with E-state index in [-0.39, 0.29) is 11.8 Å². The van der Waals surface area contributed by atoms with Crippen LogP contribution in [-0.4, -0.2) is 25.5 Å². The number of halogens is 1. The molecule has 0 radical (unpaired) electrons. The van der Waals surface area contributed by atoms with Crippen molar-refractivity contribution in [2.75, 3.05) is 13.7 Å². The van der Waals surface area contributed by atoms with E-state index in [4.69, 9.17) is 16.3 Å². The van der Waals surface area contributed by atoms with Gasteiger partial charge in [-0.3, -0.25) is 4.79 Å². The first-order chi connectivity index (χ1) is 8.54. The number of carbonyl (C=O) groups excluding carboxylic acids is 1. The van der Waals surface area contributed by atoms with Crippen LogP contribution in [0.25, 0.3) is 0 Å². The van der Waals surface area contributed by atoms with E-state index in [1.54, 1.807) is 19.2 Å². The molecule has 100 valence electrons. The zero-order valence-electron chi connectivity index (χ0n) is 11.3. The lowest BCUT2D eigenvalue weighted by atomic mass is 10.00. The summed E-state index contributed by atoms with van der Waals surface area (Å²) < 4.78 is 5.27. The highest BCUT2D eigenvalue weighted by Crippen LogP contribution is 2.27. The third-order valence-electron chi connectivity index (χ3n) is 2.92. The molecule has 0 saturated heterocycles. The molecular formula is C14H20ClNO2. The van der Waals surface area contributed by atoms with Gasteiger partial charge in [0.15, 0.2) is 5.78 Å². The summed E-state index contributed by atoms with van der Waals surface area (Å²) in [5.41, 5.74) is 1.45. The van der Waals surface area contributed by atoms with E-state index in [1.807, 2.05) is 20.8 Å². The standard InChI is InChI=1S/C14H20ClNO2/c1-5-12(16-6-2)14(17)10-8-11(15)9(3)7-13(10)18-4/h7-8,12,16H,5-6H2,1-4H3. The summed E-state index contributed by atoms with van der Waals surface area (Å²) in [6, 6.07) is 3.30. The van der Waals surface area contributed by atoms with E-state index in [9.17, 15) is 4.79 Å². The van der Waals surface area contributed by atoms with E-state index in [0.717, 1.165) is 18.5 Å². The molecule has 0 heterocycles. The Hall–Kier alpha value is -1.06. The summed E-state index contributed by atoms with van der Waals surface area (Å²) in [5.74, 6) is 0.608. The van der Waals surface area contributed by atoms with Crippen LogP contribution in [0.15, 0.2) is 12.1 Å². The number of rotatable bonds is 6. The molecule has 1 aromatic carbocycles. The fourth-order valence-corrected chi connectivity index (χ4v) is 2.04. The minimum atomic E-state index is -0.192. The molecule has 0 amide bonds. The summed E-state index contributed by atoms with van der Waals surface area (Å²) >= 11 is 6.08. The van der Waals surface area contributed by atoms with Crippen LogP contribution in [0.3, 0.4) is 0 Å². The van der Waals surface area contributed by atoms with Gasteiger partial charge in [-0.2, -0.15) is 0 Å². The monoisotopic (exact) mass is 269 g/mol. The number of ketones is 1. The molecule has 0 bridgehead atoms. The second-order valence-corrected chi connectivity index (χ2v) is 4.59. The molecule has 1 aromatic rings. The van der Waals surface area contributed by atoms with Gasteiger partial charge in [-0.15, -0.1) is 0 Å². The first-order valence-corrected chi connectivity index (χ1v) is 6.54. The Kier molecular flexibility index (Phi) is 5.63. The zero-order valence-corrected chi connectivity index (χ0v) is 12.1. The third kappa shape index (κ3) is 3.24. The van der Waals surface area contributed by atoms with Crippen molar-refractivity contribution in [1.82, 2.24) is 5.32 Å². The molecule has 0 saturated carbocycles. The van der Waals surface area contributed by atoms with Crippen LogP contribution >= 0.6 is 11.6 Å². The van der Waals surface area contributed by atoms with Crippen LogP contribution in [0.2, 0.25) is 5.02 Å². The number of hydrogen-bond donors (Lipinski definition) is 1. The van der Waals surface area contributed by atoms with Crippen molar-refractivity contribution < 1.29 is 9.53 Å². The molecule has 0 aromatic heterocycles.